The molecule has 4 heterocycles. The molecule has 0 aliphatic carbocycles. The van der Waals surface area contributed by atoms with Gasteiger partial charge in [-0.2, -0.15) is 18.3 Å². The Morgan fingerprint density at radius 3 is 2.75 bits per heavy atom. The number of fused-ring (bicyclic) bond motifs is 1. The SMILES string of the molecule is Cc1nn(C)c2nc(-c3cccs3)cc(C(=O)NCCNc3ncccc3C(F)(F)F)c12. The third-order valence-corrected chi connectivity index (χ3v) is 5.70. The first kappa shape index (κ1) is 21.8. The molecular weight excluding hydrogens is 441 g/mol. The number of rotatable bonds is 6. The lowest BCUT2D eigenvalue weighted by Gasteiger charge is -2.13. The maximum absolute atomic E-state index is 13.1. The van der Waals surface area contributed by atoms with E-state index < -0.39 is 11.7 Å². The average molecular weight is 460 g/mol. The molecule has 0 radical (unpaired) electrons. The van der Waals surface area contributed by atoms with Crippen LogP contribution in [0.4, 0.5) is 19.0 Å². The summed E-state index contributed by atoms with van der Waals surface area (Å²) in [5.74, 6) is -0.631. The van der Waals surface area contributed by atoms with Crippen molar-refractivity contribution in [2.75, 3.05) is 18.4 Å². The molecule has 2 N–H and O–H groups in total. The Balaban J connectivity index is 1.52. The van der Waals surface area contributed by atoms with Gasteiger partial charge in [0, 0.05) is 26.3 Å². The highest BCUT2D eigenvalue weighted by atomic mass is 32.1. The van der Waals surface area contributed by atoms with Crippen LogP contribution >= 0.6 is 11.3 Å². The molecule has 32 heavy (non-hydrogen) atoms. The number of anilines is 1. The number of nitrogens with zero attached hydrogens (tertiary/aromatic N) is 4. The van der Waals surface area contributed by atoms with E-state index in [0.717, 1.165) is 10.9 Å². The molecule has 0 aromatic carbocycles. The van der Waals surface area contributed by atoms with Crippen molar-refractivity contribution in [3.8, 4) is 10.6 Å². The van der Waals surface area contributed by atoms with Crippen LogP contribution in [0.5, 0.6) is 0 Å². The first-order chi connectivity index (χ1) is 15.3. The van der Waals surface area contributed by atoms with Gasteiger partial charge in [-0.3, -0.25) is 9.48 Å². The summed E-state index contributed by atoms with van der Waals surface area (Å²) in [5, 5.41) is 12.3. The molecule has 0 atom stereocenters. The summed E-state index contributed by atoms with van der Waals surface area (Å²) < 4.78 is 40.9. The first-order valence-corrected chi connectivity index (χ1v) is 10.6. The highest BCUT2D eigenvalue weighted by Crippen LogP contribution is 2.33. The van der Waals surface area contributed by atoms with Gasteiger partial charge in [-0.1, -0.05) is 6.07 Å². The lowest BCUT2D eigenvalue weighted by atomic mass is 10.1. The Bertz CT molecular complexity index is 1270. The molecule has 0 bridgehead atoms. The van der Waals surface area contributed by atoms with Crippen molar-refractivity contribution in [1.29, 1.82) is 0 Å². The number of amides is 1. The second-order valence-electron chi connectivity index (χ2n) is 7.02. The van der Waals surface area contributed by atoms with Gasteiger partial charge in [0.15, 0.2) is 5.65 Å². The number of carbonyl (C=O) groups is 1. The van der Waals surface area contributed by atoms with Gasteiger partial charge >= 0.3 is 6.18 Å². The highest BCUT2D eigenvalue weighted by molar-refractivity contribution is 7.13. The van der Waals surface area contributed by atoms with E-state index in [1.54, 1.807) is 24.7 Å². The molecule has 0 fully saturated rings. The zero-order chi connectivity index (χ0) is 22.9. The van der Waals surface area contributed by atoms with Crippen LogP contribution in [0.3, 0.4) is 0 Å². The fourth-order valence-corrected chi connectivity index (χ4v) is 4.09. The molecule has 0 saturated heterocycles. The Labute approximate surface area is 185 Å². The van der Waals surface area contributed by atoms with Gasteiger partial charge in [0.25, 0.3) is 5.91 Å². The van der Waals surface area contributed by atoms with Crippen molar-refractivity contribution >= 4 is 34.1 Å². The maximum atomic E-state index is 13.1. The quantitative estimate of drug-likeness (QED) is 0.420. The molecular formula is C21H19F3N6OS. The summed E-state index contributed by atoms with van der Waals surface area (Å²) in [4.78, 5) is 22.3. The molecule has 0 unspecified atom stereocenters. The summed E-state index contributed by atoms with van der Waals surface area (Å²) in [6.07, 6.45) is -3.24. The van der Waals surface area contributed by atoms with Crippen molar-refractivity contribution < 1.29 is 18.0 Å². The van der Waals surface area contributed by atoms with Crippen molar-refractivity contribution in [2.24, 2.45) is 7.05 Å². The largest absolute Gasteiger partial charge is 0.419 e. The molecule has 166 valence electrons. The van der Waals surface area contributed by atoms with Gasteiger partial charge in [-0.05, 0) is 36.6 Å². The van der Waals surface area contributed by atoms with E-state index in [2.05, 4.69) is 25.7 Å². The molecule has 4 rings (SSSR count). The van der Waals surface area contributed by atoms with Crippen LogP contribution in [0, 0.1) is 6.92 Å². The number of alkyl halides is 3. The van der Waals surface area contributed by atoms with Crippen LogP contribution in [0.2, 0.25) is 0 Å². The van der Waals surface area contributed by atoms with Crippen LogP contribution in [0.25, 0.3) is 21.6 Å². The molecule has 0 spiro atoms. The fraction of sp³-hybridized carbons (Fsp3) is 0.238. The molecule has 4 aromatic heterocycles. The number of hydrogen-bond acceptors (Lipinski definition) is 6. The zero-order valence-electron chi connectivity index (χ0n) is 17.2. The number of hydrogen-bond donors (Lipinski definition) is 2. The summed E-state index contributed by atoms with van der Waals surface area (Å²) >= 11 is 1.51. The summed E-state index contributed by atoms with van der Waals surface area (Å²) in [6, 6.07) is 7.72. The minimum atomic E-state index is -4.52. The molecule has 0 saturated carbocycles. The second-order valence-corrected chi connectivity index (χ2v) is 7.97. The normalized spacial score (nSPS) is 11.7. The number of aromatic nitrogens is 4. The smallest absolute Gasteiger partial charge is 0.368 e. The van der Waals surface area contributed by atoms with Gasteiger partial charge in [-0.15, -0.1) is 11.3 Å². The van der Waals surface area contributed by atoms with Crippen molar-refractivity contribution in [1.82, 2.24) is 25.1 Å². The van der Waals surface area contributed by atoms with E-state index in [1.807, 2.05) is 17.5 Å². The molecule has 4 aromatic rings. The Morgan fingerprint density at radius 1 is 1.22 bits per heavy atom. The number of thiophene rings is 1. The first-order valence-electron chi connectivity index (χ1n) is 9.68. The number of carbonyl (C=O) groups excluding carboxylic acids is 1. The van der Waals surface area contributed by atoms with Crippen molar-refractivity contribution in [3.05, 3.63) is 58.7 Å². The molecule has 0 aliphatic heterocycles. The molecule has 1 amide bonds. The minimum absolute atomic E-state index is 0.0733. The van der Waals surface area contributed by atoms with E-state index in [9.17, 15) is 18.0 Å². The lowest BCUT2D eigenvalue weighted by molar-refractivity contribution is -0.137. The van der Waals surface area contributed by atoms with E-state index in [1.165, 1.54) is 23.6 Å². The number of pyridine rings is 2. The fourth-order valence-electron chi connectivity index (χ4n) is 3.40. The van der Waals surface area contributed by atoms with E-state index in [-0.39, 0.29) is 24.8 Å². The standard InChI is InChI=1S/C21H19F3N6OS/c1-12-17-13(11-15(16-6-4-10-32-16)28-19(17)30(2)29-12)20(31)27-9-8-26-18-14(21(22,23)24)5-3-7-25-18/h3-7,10-11H,8-9H2,1-2H3,(H,25,26)(H,27,31). The Morgan fingerprint density at radius 2 is 2.03 bits per heavy atom. The minimum Gasteiger partial charge on any atom is -0.368 e. The van der Waals surface area contributed by atoms with Crippen LogP contribution in [-0.2, 0) is 13.2 Å². The average Bonchev–Trinajstić information content (AvgIpc) is 3.39. The summed E-state index contributed by atoms with van der Waals surface area (Å²) in [7, 11) is 1.76. The van der Waals surface area contributed by atoms with Crippen molar-refractivity contribution in [2.45, 2.75) is 13.1 Å². The van der Waals surface area contributed by atoms with Crippen LogP contribution in [0.1, 0.15) is 21.6 Å². The van der Waals surface area contributed by atoms with Gasteiger partial charge in [0.05, 0.1) is 32.8 Å². The van der Waals surface area contributed by atoms with Gasteiger partial charge in [-0.25, -0.2) is 9.97 Å². The molecule has 7 nitrogen and oxygen atoms in total. The lowest BCUT2D eigenvalue weighted by Crippen LogP contribution is -2.29. The highest BCUT2D eigenvalue weighted by Gasteiger charge is 2.34. The monoisotopic (exact) mass is 460 g/mol. The third kappa shape index (κ3) is 4.28. The van der Waals surface area contributed by atoms with Crippen LogP contribution in [0.15, 0.2) is 41.9 Å². The summed E-state index contributed by atoms with van der Waals surface area (Å²) in [5.41, 5.74) is 1.47. The third-order valence-electron chi connectivity index (χ3n) is 4.80. The van der Waals surface area contributed by atoms with E-state index in [0.29, 0.717) is 28.0 Å². The number of nitrogens with one attached hydrogen (secondary N) is 2. The van der Waals surface area contributed by atoms with Crippen LogP contribution < -0.4 is 10.6 Å². The topological polar surface area (TPSA) is 84.7 Å². The molecule has 11 heteroatoms. The van der Waals surface area contributed by atoms with Crippen molar-refractivity contribution in [3.63, 3.8) is 0 Å². The zero-order valence-corrected chi connectivity index (χ0v) is 18.0. The Kier molecular flexibility index (Phi) is 5.83. The number of halogens is 3. The summed E-state index contributed by atoms with van der Waals surface area (Å²) in [6.45, 7) is 1.97. The second kappa shape index (κ2) is 8.58. The van der Waals surface area contributed by atoms with E-state index in [4.69, 9.17) is 0 Å². The Hall–Kier alpha value is -3.47. The van der Waals surface area contributed by atoms with Gasteiger partial charge in [0.2, 0.25) is 0 Å². The van der Waals surface area contributed by atoms with Gasteiger partial charge < -0.3 is 10.6 Å². The number of aryl methyl sites for hydroxylation is 2. The van der Waals surface area contributed by atoms with Crippen LogP contribution in [-0.4, -0.2) is 38.7 Å². The van der Waals surface area contributed by atoms with E-state index >= 15 is 0 Å². The predicted molar refractivity (Wildman–Crippen MR) is 117 cm³/mol. The predicted octanol–water partition coefficient (Wildman–Crippen LogP) is 4.26. The molecule has 0 aliphatic rings. The van der Waals surface area contributed by atoms with Gasteiger partial charge in [0.1, 0.15) is 5.82 Å². The maximum Gasteiger partial charge on any atom is 0.419 e.